The zero-order valence-electron chi connectivity index (χ0n) is 73.6. The Hall–Kier alpha value is -13.3. The Balaban J connectivity index is 1.19. The molecule has 3 aromatic carbocycles. The average molecular weight is 1850 g/mol. The highest BCUT2D eigenvalue weighted by atomic mass is 32.2. The summed E-state index contributed by atoms with van der Waals surface area (Å²) in [4.78, 5) is 283. The number of aliphatic hydroxyl groups is 2. The maximum Gasteiger partial charge on any atom is 0.303 e. The summed E-state index contributed by atoms with van der Waals surface area (Å²) in [5.41, 5.74) is 19.5. The van der Waals surface area contributed by atoms with Crippen molar-refractivity contribution in [2.45, 2.75) is 221 Å². The average Bonchev–Trinajstić information content (AvgIpc) is 1.80. The largest absolute Gasteiger partial charge is 0.508 e. The summed E-state index contributed by atoms with van der Waals surface area (Å²) in [5.74, 6) is -22.0. The summed E-state index contributed by atoms with van der Waals surface area (Å²) in [5, 5.41) is 78.7. The predicted molar refractivity (Wildman–Crippen MR) is 472 cm³/mol. The molecule has 44 nitrogen and oxygen atoms in total. The number of amides is 17. The van der Waals surface area contributed by atoms with E-state index in [-0.39, 0.29) is 70.1 Å². The number of thioether (sulfide) groups is 1. The molecule has 45 heteroatoms. The van der Waals surface area contributed by atoms with Crippen molar-refractivity contribution in [3.8, 4) is 5.75 Å². The number of hydrogen-bond donors (Lipinski definition) is 20. The summed E-state index contributed by atoms with van der Waals surface area (Å²) in [6.45, 7) is 1.36. The van der Waals surface area contributed by atoms with Gasteiger partial charge in [0.25, 0.3) is 0 Å². The number of carbonyl (C=O) groups excluding carboxylic acids is 17. The van der Waals surface area contributed by atoms with Crippen LogP contribution in [-0.4, -0.2) is 328 Å². The van der Waals surface area contributed by atoms with Crippen molar-refractivity contribution in [2.24, 2.45) is 17.2 Å². The molecule has 2 aromatic heterocycles. The lowest BCUT2D eigenvalue weighted by atomic mass is 10.00. The van der Waals surface area contributed by atoms with Crippen LogP contribution in [0.4, 0.5) is 0 Å². The van der Waals surface area contributed by atoms with Gasteiger partial charge in [0.2, 0.25) is 100 Å². The third kappa shape index (κ3) is 28.6. The lowest BCUT2D eigenvalue weighted by Gasteiger charge is -2.36. The number of primary amides is 2. The number of nitrogens with one attached hydrogen (secondary N) is 12. The van der Waals surface area contributed by atoms with Crippen molar-refractivity contribution < 1.29 is 117 Å². The first-order valence-corrected chi connectivity index (χ1v) is 44.3. The van der Waals surface area contributed by atoms with E-state index in [0.717, 1.165) is 24.5 Å². The van der Waals surface area contributed by atoms with Crippen LogP contribution in [-0.2, 0) is 110 Å². The number of likely N-dealkylation sites (N-methyl/N-ethyl adjacent to an activating group) is 3. The number of phenols is 1. The van der Waals surface area contributed by atoms with Crippen LogP contribution in [0, 0.1) is 0 Å². The number of fused-ring (bicyclic) bond motifs is 4. The first kappa shape index (κ1) is 103. The van der Waals surface area contributed by atoms with E-state index in [1.165, 1.54) is 58.5 Å². The summed E-state index contributed by atoms with van der Waals surface area (Å²) in [6, 6.07) is -4.35. The molecule has 3 fully saturated rings. The number of phenolic OH excluding ortho intramolecular Hbond substituents is 1. The number of aromatic amines is 2. The number of carboxylic acids is 2. The van der Waals surface area contributed by atoms with E-state index >= 15 is 33.6 Å². The van der Waals surface area contributed by atoms with Crippen molar-refractivity contribution in [2.75, 3.05) is 65.4 Å². The molecule has 5 aromatic rings. The topological polar surface area (TPSA) is 672 Å². The highest BCUT2D eigenvalue weighted by Crippen LogP contribution is 2.28. The SMILES string of the molecule is CCCC[C@H]1C(=O)N(C)[C@@H](CCCC)C(=O)N[C@@H](CCC(=O)O)C(=O)N[C@H](C(=O)NCC(N)=O)CSCC(=O)N[C@@H](Cc2ccc(O)cc2)C(=O)N(C)[C@@H](C)C(=O)N[C@H](CC(N)=O)C(=O)N2CCC[C@H]2C(=O)N[C@@H](CN)C(=O)N[C@@H](CCC(=O)O)C(=O)N2C[C@H](O)C[C@H]2C(=O)N[C@@H](Cc2c[nH]c3ccccc23)C(=O)N[C@@H](CO)C(=O)N[C@@H](Cc2c[nH]c3ccccc23)C(=O)N1C. The second kappa shape index (κ2) is 48.9. The van der Waals surface area contributed by atoms with Gasteiger partial charge in [-0.1, -0.05) is 88.1 Å². The maximum absolute atomic E-state index is 15.6. The normalized spacial score (nSPS) is 25.1. The van der Waals surface area contributed by atoms with E-state index in [9.17, 15) is 83.1 Å². The van der Waals surface area contributed by atoms with E-state index in [1.807, 2.05) is 0 Å². The Labute approximate surface area is 757 Å². The second-order valence-corrected chi connectivity index (χ2v) is 33.7. The van der Waals surface area contributed by atoms with Gasteiger partial charge >= 0.3 is 11.9 Å². The number of hydrogen-bond acceptors (Lipinski definition) is 24. The van der Waals surface area contributed by atoms with E-state index < -0.39 is 279 Å². The van der Waals surface area contributed by atoms with Gasteiger partial charge < -0.3 is 130 Å². The van der Waals surface area contributed by atoms with Gasteiger partial charge in [0.05, 0.1) is 31.4 Å². The fourth-order valence-electron chi connectivity index (χ4n) is 15.8. The van der Waals surface area contributed by atoms with Crippen LogP contribution in [0.5, 0.6) is 5.75 Å². The van der Waals surface area contributed by atoms with Crippen molar-refractivity contribution >= 4 is 146 Å². The van der Waals surface area contributed by atoms with Gasteiger partial charge in [-0.05, 0) is 86.4 Å². The van der Waals surface area contributed by atoms with Crippen LogP contribution < -0.4 is 70.4 Å². The Morgan fingerprint density at radius 3 is 1.60 bits per heavy atom. The number of unbranched alkanes of at least 4 members (excludes halogenated alkanes) is 2. The molecule has 0 saturated carbocycles. The van der Waals surface area contributed by atoms with Gasteiger partial charge in [0.1, 0.15) is 90.3 Å². The number of aliphatic hydroxyl groups excluding tert-OH is 2. The van der Waals surface area contributed by atoms with Crippen LogP contribution in [0.1, 0.15) is 127 Å². The number of carboxylic acid groups (broad SMARTS) is 2. The highest BCUT2D eigenvalue weighted by Gasteiger charge is 2.47. The van der Waals surface area contributed by atoms with Crippen LogP contribution in [0.2, 0.25) is 0 Å². The van der Waals surface area contributed by atoms with Crippen LogP contribution in [0.25, 0.3) is 21.8 Å². The summed E-state index contributed by atoms with van der Waals surface area (Å²) in [6.07, 6.45) is -2.35. The molecule has 23 N–H and O–H groups in total. The minimum Gasteiger partial charge on any atom is -0.508 e. The summed E-state index contributed by atoms with van der Waals surface area (Å²) >= 11 is 0.690. The van der Waals surface area contributed by atoms with E-state index in [0.29, 0.717) is 63.1 Å². The van der Waals surface area contributed by atoms with Crippen LogP contribution in [0.3, 0.4) is 0 Å². The molecule has 0 unspecified atom stereocenters. The number of H-pyrrole nitrogens is 2. The number of nitrogens with two attached hydrogens (primary N) is 3. The number of nitrogens with zero attached hydrogens (tertiary/aromatic N) is 5. The molecule has 3 aliphatic rings. The number of para-hydroxylation sites is 2. The monoisotopic (exact) mass is 1850 g/mol. The van der Waals surface area contributed by atoms with Gasteiger partial charge in [-0.2, -0.15) is 0 Å². The third-order valence-electron chi connectivity index (χ3n) is 23.2. The number of aromatic nitrogens is 2. The molecule has 0 radical (unpaired) electrons. The van der Waals surface area contributed by atoms with E-state index in [1.54, 1.807) is 68.6 Å². The number of carbonyl (C=O) groups is 19. The zero-order valence-corrected chi connectivity index (χ0v) is 74.4. The Kier molecular flexibility index (Phi) is 38.5. The number of aliphatic carboxylic acids is 2. The Morgan fingerprint density at radius 1 is 0.511 bits per heavy atom. The molecule has 15 atom stereocenters. The molecule has 5 heterocycles. The van der Waals surface area contributed by atoms with Crippen LogP contribution in [0.15, 0.2) is 85.2 Å². The second-order valence-electron chi connectivity index (χ2n) is 32.7. The zero-order chi connectivity index (χ0) is 96.2. The van der Waals surface area contributed by atoms with Crippen LogP contribution >= 0.6 is 11.8 Å². The van der Waals surface area contributed by atoms with Gasteiger partial charge in [-0.15, -0.1) is 11.8 Å². The lowest BCUT2D eigenvalue weighted by molar-refractivity contribution is -0.149. The molecule has 712 valence electrons. The number of rotatable bonds is 25. The van der Waals surface area contributed by atoms with Crippen molar-refractivity contribution in [1.29, 1.82) is 0 Å². The predicted octanol–water partition coefficient (Wildman–Crippen LogP) is -4.52. The third-order valence-corrected chi connectivity index (χ3v) is 24.2. The van der Waals surface area contributed by atoms with E-state index in [4.69, 9.17) is 17.2 Å². The summed E-state index contributed by atoms with van der Waals surface area (Å²) < 4.78 is 0. The highest BCUT2D eigenvalue weighted by molar-refractivity contribution is 8.00. The maximum atomic E-state index is 15.6. The van der Waals surface area contributed by atoms with Gasteiger partial charge in [-0.25, -0.2) is 0 Å². The molecule has 3 aliphatic heterocycles. The fourth-order valence-corrected chi connectivity index (χ4v) is 16.6. The van der Waals surface area contributed by atoms with Crippen molar-refractivity contribution in [3.05, 3.63) is 102 Å². The van der Waals surface area contributed by atoms with Crippen molar-refractivity contribution in [3.63, 3.8) is 0 Å². The van der Waals surface area contributed by atoms with Gasteiger partial charge in [-0.3, -0.25) is 91.1 Å². The molecule has 131 heavy (non-hydrogen) atoms. The van der Waals surface area contributed by atoms with E-state index in [2.05, 4.69) is 63.1 Å². The molecular formula is C86H118N20O24S. The first-order valence-electron chi connectivity index (χ1n) is 43.1. The molecule has 0 bridgehead atoms. The molecule has 3 saturated heterocycles. The van der Waals surface area contributed by atoms with Crippen molar-refractivity contribution in [1.82, 2.24) is 87.6 Å². The summed E-state index contributed by atoms with van der Waals surface area (Å²) in [7, 11) is 3.72. The standard InChI is InChI=1S/C86H118N20O24S/c1-7-9-20-64-79(123)94-55(27-29-71(113)114)75(119)101-63(74(118)92-40-69(89)111)43-131-44-70(112)93-58(32-46-23-25-49(108)26-24-46)82(126)102(4)45(3)73(117)97-60(36-68(88)110)85(129)105-31-15-22-65(105)80(124)99-61(37-87)77(121)95-56(28-30-72(115)116)84(128)106-41-50(109)35-67(106)81(125)96-57(33-47-38-90-53-18-13-11-16-51(47)53)76(120)100-62(42-107)78(122)98-59(34-48-39-91-54-19-14-12-17-52(48)54)83(127)104(6)66(21-10-8-2)86(130)103(64)5/h11-14,16-19,23-26,38-39,45,50,55-67,90-91,107-109H,7-10,15,20-22,27-37,40-44,87H2,1-6H3,(H2,88,110)(H2,89,111)(H,92,118)(H,93,112)(H,94,123)(H,95,121)(H,96,125)(H,97,117)(H,98,122)(H,99,124)(H,100,120)(H,101,119)(H,113,114)(H,115,116)/t45-,50+,55-,56-,57-,58-,59-,60+,61-,62-,63-,64-,65-,66-,67-/m0/s1. The van der Waals surface area contributed by atoms with Gasteiger partial charge in [0, 0.05) is 119 Å². The molecule has 8 rings (SSSR count). The fraction of sp³-hybridized carbons (Fsp3) is 0.523. The molecular weight excluding hydrogens is 1730 g/mol. The molecule has 0 aliphatic carbocycles. The number of benzene rings is 3. The molecule has 0 spiro atoms. The lowest BCUT2D eigenvalue weighted by Crippen LogP contribution is -2.62. The van der Waals surface area contributed by atoms with Gasteiger partial charge in [0.15, 0.2) is 0 Å². The quantitative estimate of drug-likeness (QED) is 0.0262. The molecule has 17 amide bonds. The minimum atomic E-state index is -1.95. The minimum absolute atomic E-state index is 0.0650. The Morgan fingerprint density at radius 2 is 1.01 bits per heavy atom. The smallest absolute Gasteiger partial charge is 0.303 e. The first-order chi connectivity index (χ1) is 62.3. The number of aromatic hydroxyl groups is 1. The Bertz CT molecular complexity index is 4990.